The Kier molecular flexibility index (Phi) is 5.18. The van der Waals surface area contributed by atoms with Crippen molar-refractivity contribution in [3.63, 3.8) is 0 Å². The molecule has 1 aromatic heterocycles. The van der Waals surface area contributed by atoms with Crippen molar-refractivity contribution < 1.29 is 4.52 Å². The highest BCUT2D eigenvalue weighted by atomic mass is 32.6. The normalized spacial score (nSPS) is 15.8. The summed E-state index contributed by atoms with van der Waals surface area (Å²) in [4.78, 5) is 0. The highest BCUT2D eigenvalue weighted by Crippen LogP contribution is 2.66. The predicted molar refractivity (Wildman–Crippen MR) is 88.2 cm³/mol. The second kappa shape index (κ2) is 5.51. The number of aromatic nitrogens is 1. The fourth-order valence-corrected chi connectivity index (χ4v) is 5.01. The summed E-state index contributed by atoms with van der Waals surface area (Å²) in [6.45, 7) is 13.3. The summed E-state index contributed by atoms with van der Waals surface area (Å²) in [5.41, 5.74) is 3.63. The Balaban J connectivity index is 3.41. The quantitative estimate of drug-likeness (QED) is 0.749. The standard InChI is InChI=1S/C11H23NOP4/c1-10(2,3)7-8(11(4,5)6)12-13-9(7)17(15)16-14/h16H,14-15H2,1-6H3. The molecule has 0 N–H and O–H groups in total. The van der Waals surface area contributed by atoms with E-state index in [1.54, 1.807) is 0 Å². The second-order valence-corrected chi connectivity index (χ2v) is 15.3. The molecule has 0 aliphatic carbocycles. The van der Waals surface area contributed by atoms with E-state index < -0.39 is 0 Å². The van der Waals surface area contributed by atoms with Crippen LogP contribution in [0.5, 0.6) is 0 Å². The average molecular weight is 309 g/mol. The second-order valence-electron chi connectivity index (χ2n) is 6.21. The Bertz CT molecular complexity index is 389. The first-order valence-corrected chi connectivity index (χ1v) is 12.2. The van der Waals surface area contributed by atoms with Crippen LogP contribution in [-0.4, -0.2) is 5.16 Å². The zero-order valence-electron chi connectivity index (χ0n) is 11.5. The largest absolute Gasteiger partial charge is 0.355 e. The molecule has 6 heteroatoms. The lowest BCUT2D eigenvalue weighted by atomic mass is 9.80. The van der Waals surface area contributed by atoms with E-state index >= 15 is 0 Å². The van der Waals surface area contributed by atoms with Gasteiger partial charge in [-0.1, -0.05) is 63.6 Å². The van der Waals surface area contributed by atoms with E-state index in [2.05, 4.69) is 64.6 Å². The molecule has 0 fully saturated rings. The Hall–Kier alpha value is 0.930. The van der Waals surface area contributed by atoms with E-state index in [-0.39, 0.29) is 18.1 Å². The molecule has 0 spiro atoms. The molecule has 0 aromatic carbocycles. The van der Waals surface area contributed by atoms with Gasteiger partial charge in [-0.15, -0.1) is 8.93 Å². The molecule has 0 aliphatic rings. The summed E-state index contributed by atoms with van der Waals surface area (Å²) in [5.74, 6) is 0. The highest BCUT2D eigenvalue weighted by molar-refractivity contribution is 8.63. The minimum atomic E-state index is -0.307. The van der Waals surface area contributed by atoms with Gasteiger partial charge in [-0.2, -0.15) is 0 Å². The number of nitrogens with zero attached hydrogens (tertiary/aromatic N) is 1. The molecule has 1 heterocycles. The first-order chi connectivity index (χ1) is 7.59. The monoisotopic (exact) mass is 309 g/mol. The Morgan fingerprint density at radius 3 is 2.00 bits per heavy atom. The third-order valence-corrected chi connectivity index (χ3v) is 12.2. The molecule has 0 radical (unpaired) electrons. The van der Waals surface area contributed by atoms with Crippen LogP contribution in [0, 0.1) is 0 Å². The van der Waals surface area contributed by atoms with Gasteiger partial charge in [0.2, 0.25) is 0 Å². The van der Waals surface area contributed by atoms with Gasteiger partial charge in [0.15, 0.2) is 5.50 Å². The van der Waals surface area contributed by atoms with Gasteiger partial charge >= 0.3 is 0 Å². The van der Waals surface area contributed by atoms with Crippen LogP contribution >= 0.6 is 33.1 Å². The molecular weight excluding hydrogens is 286 g/mol. The Morgan fingerprint density at radius 1 is 1.12 bits per heavy atom. The molecule has 4 unspecified atom stereocenters. The van der Waals surface area contributed by atoms with Gasteiger partial charge in [0.25, 0.3) is 0 Å². The molecule has 0 amide bonds. The van der Waals surface area contributed by atoms with Gasteiger partial charge < -0.3 is 4.52 Å². The number of hydrogen-bond acceptors (Lipinski definition) is 2. The van der Waals surface area contributed by atoms with Crippen molar-refractivity contribution in [3.05, 3.63) is 11.3 Å². The molecule has 0 saturated carbocycles. The topological polar surface area (TPSA) is 26.0 Å². The summed E-state index contributed by atoms with van der Waals surface area (Å²) in [6, 6.07) is 0. The lowest BCUT2D eigenvalue weighted by molar-refractivity contribution is 0.413. The predicted octanol–water partition coefficient (Wildman–Crippen LogP) is 4.55. The van der Waals surface area contributed by atoms with Crippen LogP contribution in [0.25, 0.3) is 0 Å². The van der Waals surface area contributed by atoms with E-state index in [9.17, 15) is 0 Å². The van der Waals surface area contributed by atoms with Crippen LogP contribution in [-0.2, 0) is 10.8 Å². The van der Waals surface area contributed by atoms with E-state index in [0.29, 0.717) is 0 Å². The lowest BCUT2D eigenvalue weighted by Crippen LogP contribution is -2.25. The molecular formula is C11H23NOP4. The third-order valence-electron chi connectivity index (χ3n) is 2.49. The van der Waals surface area contributed by atoms with Crippen LogP contribution in [0.2, 0.25) is 0 Å². The van der Waals surface area contributed by atoms with Gasteiger partial charge in [-0.3, -0.25) is 0 Å². The minimum Gasteiger partial charge on any atom is -0.355 e. The molecule has 1 aromatic rings. The maximum Gasteiger partial charge on any atom is 0.170 e. The van der Waals surface area contributed by atoms with Crippen molar-refractivity contribution >= 4 is 38.6 Å². The van der Waals surface area contributed by atoms with Crippen LogP contribution < -0.4 is 5.50 Å². The third kappa shape index (κ3) is 3.70. The fraction of sp³-hybridized carbons (Fsp3) is 0.727. The Labute approximate surface area is 112 Å². The van der Waals surface area contributed by atoms with Gasteiger partial charge in [0.1, 0.15) is 0 Å². The highest BCUT2D eigenvalue weighted by Gasteiger charge is 2.34. The fourth-order valence-electron chi connectivity index (χ4n) is 1.69. The maximum atomic E-state index is 5.65. The van der Waals surface area contributed by atoms with Crippen molar-refractivity contribution in [1.82, 2.24) is 5.16 Å². The minimum absolute atomic E-state index is 0.0369. The molecule has 0 bridgehead atoms. The van der Waals surface area contributed by atoms with Crippen molar-refractivity contribution in [2.24, 2.45) is 0 Å². The first kappa shape index (κ1) is 16.0. The molecule has 98 valence electrons. The van der Waals surface area contributed by atoms with Crippen LogP contribution in [0.15, 0.2) is 4.52 Å². The summed E-state index contributed by atoms with van der Waals surface area (Å²) in [5, 5.41) is 4.35. The Morgan fingerprint density at radius 2 is 1.65 bits per heavy atom. The van der Waals surface area contributed by atoms with E-state index in [1.807, 2.05) is 0 Å². The van der Waals surface area contributed by atoms with E-state index in [4.69, 9.17) is 4.52 Å². The molecule has 0 aliphatic heterocycles. The maximum absolute atomic E-state index is 5.65. The molecule has 1 rings (SSSR count). The SMILES string of the molecule is CC(C)(C)c1noc(P(P)PP)c1C(C)(C)C. The van der Waals surface area contributed by atoms with Crippen LogP contribution in [0.4, 0.5) is 0 Å². The summed E-state index contributed by atoms with van der Waals surface area (Å²) in [6.07, 6.45) is 0. The summed E-state index contributed by atoms with van der Waals surface area (Å²) < 4.78 is 5.65. The van der Waals surface area contributed by atoms with Gasteiger partial charge in [-0.25, -0.2) is 0 Å². The average Bonchev–Trinajstić information content (AvgIpc) is 2.59. The summed E-state index contributed by atoms with van der Waals surface area (Å²) in [7, 11) is 6.22. The molecule has 2 nitrogen and oxygen atoms in total. The van der Waals surface area contributed by atoms with Crippen LogP contribution in [0.1, 0.15) is 52.8 Å². The zero-order valence-corrected chi connectivity index (χ0v) is 15.7. The van der Waals surface area contributed by atoms with E-state index in [0.717, 1.165) is 19.2 Å². The number of hydrogen-bond donors (Lipinski definition) is 0. The van der Waals surface area contributed by atoms with Crippen molar-refractivity contribution in [1.29, 1.82) is 0 Å². The van der Waals surface area contributed by atoms with Crippen LogP contribution in [0.3, 0.4) is 0 Å². The molecule has 4 atom stereocenters. The molecule has 17 heavy (non-hydrogen) atoms. The van der Waals surface area contributed by atoms with Crippen molar-refractivity contribution in [2.45, 2.75) is 52.4 Å². The smallest absolute Gasteiger partial charge is 0.170 e. The first-order valence-electron chi connectivity index (χ1n) is 5.60. The van der Waals surface area contributed by atoms with Crippen molar-refractivity contribution in [3.8, 4) is 0 Å². The van der Waals surface area contributed by atoms with Gasteiger partial charge in [0, 0.05) is 18.3 Å². The van der Waals surface area contributed by atoms with Gasteiger partial charge in [-0.05, 0) is 5.41 Å². The summed E-state index contributed by atoms with van der Waals surface area (Å²) >= 11 is 0. The molecule has 0 saturated heterocycles. The lowest BCUT2D eigenvalue weighted by Gasteiger charge is -2.25. The van der Waals surface area contributed by atoms with E-state index in [1.165, 1.54) is 5.56 Å². The number of rotatable bonds is 2. The van der Waals surface area contributed by atoms with Crippen molar-refractivity contribution in [2.75, 3.05) is 0 Å². The van der Waals surface area contributed by atoms with Gasteiger partial charge in [0.05, 0.1) is 5.69 Å². The zero-order chi connectivity index (χ0) is 13.4.